The summed E-state index contributed by atoms with van der Waals surface area (Å²) in [5.41, 5.74) is 2.41. The molecule has 0 unspecified atom stereocenters. The van der Waals surface area contributed by atoms with Crippen molar-refractivity contribution >= 4 is 39.0 Å². The second kappa shape index (κ2) is 6.61. The number of amides is 1. The zero-order chi connectivity index (χ0) is 17.4. The van der Waals surface area contributed by atoms with Crippen molar-refractivity contribution in [2.75, 3.05) is 42.6 Å². The van der Waals surface area contributed by atoms with Crippen LogP contribution in [0.2, 0.25) is 0 Å². The van der Waals surface area contributed by atoms with Crippen LogP contribution < -0.4 is 9.80 Å². The molecule has 0 aromatic heterocycles. The Bertz CT molecular complexity index is 817. The van der Waals surface area contributed by atoms with Gasteiger partial charge in [0.15, 0.2) is 0 Å². The van der Waals surface area contributed by atoms with Crippen molar-refractivity contribution in [2.45, 2.75) is 0 Å². The van der Waals surface area contributed by atoms with Crippen molar-refractivity contribution in [1.82, 2.24) is 4.90 Å². The number of nitrogens with zero attached hydrogens (tertiary/aromatic N) is 3. The van der Waals surface area contributed by atoms with E-state index in [0.717, 1.165) is 30.7 Å². The molecule has 2 heterocycles. The number of hydrogen-bond donors (Lipinski definition) is 0. The minimum absolute atomic E-state index is 0.417. The van der Waals surface area contributed by atoms with Crippen molar-refractivity contribution < 1.29 is 9.59 Å². The third-order valence-electron chi connectivity index (χ3n) is 4.78. The van der Waals surface area contributed by atoms with Crippen LogP contribution in [0.3, 0.4) is 0 Å². The Labute approximate surface area is 155 Å². The molecule has 128 valence electrons. The molecule has 0 bridgehead atoms. The quantitative estimate of drug-likeness (QED) is 0.744. The average molecular weight is 400 g/mol. The van der Waals surface area contributed by atoms with Gasteiger partial charge in [0.1, 0.15) is 0 Å². The van der Waals surface area contributed by atoms with Gasteiger partial charge in [-0.1, -0.05) is 24.3 Å². The van der Waals surface area contributed by atoms with Gasteiger partial charge in [0, 0.05) is 36.3 Å². The highest BCUT2D eigenvalue weighted by molar-refractivity contribution is 9.10. The minimum atomic E-state index is -0.438. The van der Waals surface area contributed by atoms with Crippen molar-refractivity contribution in [1.29, 1.82) is 0 Å². The lowest BCUT2D eigenvalue weighted by Gasteiger charge is -2.37. The number of halogens is 1. The molecule has 1 amide bonds. The number of hydrogen-bond acceptors (Lipinski definition) is 4. The topological polar surface area (TPSA) is 43.9 Å². The van der Waals surface area contributed by atoms with E-state index in [1.165, 1.54) is 5.69 Å². The predicted molar refractivity (Wildman–Crippen MR) is 101 cm³/mol. The molecule has 5 nitrogen and oxygen atoms in total. The molecule has 1 saturated heterocycles. The van der Waals surface area contributed by atoms with E-state index < -0.39 is 11.7 Å². The summed E-state index contributed by atoms with van der Waals surface area (Å²) in [5, 5.41) is 0. The fraction of sp³-hybridized carbons (Fsp3) is 0.263. The van der Waals surface area contributed by atoms with Crippen molar-refractivity contribution in [3.8, 4) is 0 Å². The van der Waals surface area contributed by atoms with Crippen LogP contribution in [0.15, 0.2) is 53.0 Å². The highest BCUT2D eigenvalue weighted by Gasteiger charge is 2.38. The van der Waals surface area contributed by atoms with Crippen molar-refractivity contribution in [3.05, 3.63) is 58.6 Å². The first-order chi connectivity index (χ1) is 12.1. The molecule has 0 radical (unpaired) electrons. The number of rotatable bonds is 3. The maximum absolute atomic E-state index is 12.4. The van der Waals surface area contributed by atoms with Gasteiger partial charge in [-0.05, 0) is 40.2 Å². The molecule has 6 heteroatoms. The van der Waals surface area contributed by atoms with E-state index in [2.05, 4.69) is 37.9 Å². The molecular formula is C19H18BrN3O2. The summed E-state index contributed by atoms with van der Waals surface area (Å²) in [4.78, 5) is 30.8. The zero-order valence-electron chi connectivity index (χ0n) is 13.7. The first-order valence-electron chi connectivity index (χ1n) is 8.32. The van der Waals surface area contributed by atoms with E-state index in [-0.39, 0.29) is 0 Å². The number of carbonyl (C=O) groups is 2. The van der Waals surface area contributed by atoms with Gasteiger partial charge in [0.2, 0.25) is 0 Å². The van der Waals surface area contributed by atoms with Crippen LogP contribution in [0.25, 0.3) is 0 Å². The van der Waals surface area contributed by atoms with E-state index in [0.29, 0.717) is 17.9 Å². The smallest absolute Gasteiger partial charge is 0.300 e. The van der Waals surface area contributed by atoms with Crippen LogP contribution in [-0.2, 0) is 4.79 Å². The molecule has 0 spiro atoms. The molecule has 0 N–H and O–H groups in total. The molecule has 4 rings (SSSR count). The van der Waals surface area contributed by atoms with Gasteiger partial charge < -0.3 is 4.90 Å². The van der Waals surface area contributed by atoms with Gasteiger partial charge in [-0.15, -0.1) is 0 Å². The molecule has 0 saturated carbocycles. The van der Waals surface area contributed by atoms with Crippen LogP contribution in [-0.4, -0.2) is 49.4 Å². The van der Waals surface area contributed by atoms with E-state index in [1.807, 2.05) is 24.3 Å². The Morgan fingerprint density at radius 1 is 0.880 bits per heavy atom. The number of carbonyl (C=O) groups excluding carboxylic acids is 2. The van der Waals surface area contributed by atoms with Gasteiger partial charge in [0.05, 0.1) is 17.9 Å². The standard InChI is InChI=1S/C19H18BrN3O2/c20-16-8-4-7-15-17(16)23(19(25)18(15)24)13-21-9-11-22(12-10-21)14-5-2-1-3-6-14/h1-8H,9-13H2. The Morgan fingerprint density at radius 3 is 2.32 bits per heavy atom. The molecule has 2 aliphatic rings. The van der Waals surface area contributed by atoms with Crippen LogP contribution in [0.5, 0.6) is 0 Å². The Morgan fingerprint density at radius 2 is 1.60 bits per heavy atom. The van der Waals surface area contributed by atoms with Crippen LogP contribution >= 0.6 is 15.9 Å². The molecule has 2 aromatic rings. The van der Waals surface area contributed by atoms with Crippen molar-refractivity contribution in [2.24, 2.45) is 0 Å². The normalized spacial score (nSPS) is 18.0. The highest BCUT2D eigenvalue weighted by atomic mass is 79.9. The molecule has 1 fully saturated rings. The number of piperazine rings is 1. The Balaban J connectivity index is 1.46. The summed E-state index contributed by atoms with van der Waals surface area (Å²) < 4.78 is 0.784. The van der Waals surface area contributed by atoms with E-state index in [1.54, 1.807) is 17.0 Å². The second-order valence-corrected chi connectivity index (χ2v) is 7.13. The zero-order valence-corrected chi connectivity index (χ0v) is 15.3. The van der Waals surface area contributed by atoms with Gasteiger partial charge in [0.25, 0.3) is 5.78 Å². The van der Waals surface area contributed by atoms with Crippen LogP contribution in [0.1, 0.15) is 10.4 Å². The number of benzene rings is 2. The first-order valence-corrected chi connectivity index (χ1v) is 9.11. The first kappa shape index (κ1) is 16.3. The lowest BCUT2D eigenvalue weighted by atomic mass is 10.1. The average Bonchev–Trinajstić information content (AvgIpc) is 2.89. The van der Waals surface area contributed by atoms with Gasteiger partial charge in [-0.25, -0.2) is 0 Å². The summed E-state index contributed by atoms with van der Waals surface area (Å²) in [6, 6.07) is 15.7. The van der Waals surface area contributed by atoms with Crippen LogP contribution in [0.4, 0.5) is 11.4 Å². The number of fused-ring (bicyclic) bond motifs is 1. The maximum Gasteiger partial charge on any atom is 0.300 e. The summed E-state index contributed by atoms with van der Waals surface area (Å²) in [5.74, 6) is -0.855. The number of anilines is 2. The Hall–Kier alpha value is -2.18. The highest BCUT2D eigenvalue weighted by Crippen LogP contribution is 2.36. The molecular weight excluding hydrogens is 382 g/mol. The number of Topliss-reactive ketones (excluding diaryl/α,β-unsaturated/α-hetero) is 1. The summed E-state index contributed by atoms with van der Waals surface area (Å²) in [7, 11) is 0. The van der Waals surface area contributed by atoms with Crippen LogP contribution in [0, 0.1) is 0 Å². The number of ketones is 1. The number of para-hydroxylation sites is 2. The van der Waals surface area contributed by atoms with Crippen molar-refractivity contribution in [3.63, 3.8) is 0 Å². The van der Waals surface area contributed by atoms with Gasteiger partial charge in [-0.3, -0.25) is 19.4 Å². The largest absolute Gasteiger partial charge is 0.369 e. The van der Waals surface area contributed by atoms with Gasteiger partial charge in [-0.2, -0.15) is 0 Å². The molecule has 2 aliphatic heterocycles. The predicted octanol–water partition coefficient (Wildman–Crippen LogP) is 2.76. The summed E-state index contributed by atoms with van der Waals surface area (Å²) >= 11 is 3.47. The molecule has 0 atom stereocenters. The minimum Gasteiger partial charge on any atom is -0.369 e. The Kier molecular flexibility index (Phi) is 4.31. The van der Waals surface area contributed by atoms with E-state index in [9.17, 15) is 9.59 Å². The maximum atomic E-state index is 12.4. The molecule has 2 aromatic carbocycles. The third-order valence-corrected chi connectivity index (χ3v) is 5.42. The second-order valence-electron chi connectivity index (χ2n) is 6.28. The fourth-order valence-corrected chi connectivity index (χ4v) is 4.01. The van der Waals surface area contributed by atoms with Gasteiger partial charge >= 0.3 is 5.91 Å². The molecule has 0 aliphatic carbocycles. The SMILES string of the molecule is O=C1C(=O)N(CN2CCN(c3ccccc3)CC2)c2c(Br)cccc21. The third kappa shape index (κ3) is 2.96. The lowest BCUT2D eigenvalue weighted by Crippen LogP contribution is -2.51. The van der Waals surface area contributed by atoms with E-state index in [4.69, 9.17) is 0 Å². The lowest BCUT2D eigenvalue weighted by molar-refractivity contribution is -0.114. The monoisotopic (exact) mass is 399 g/mol. The summed E-state index contributed by atoms with van der Waals surface area (Å²) in [6.45, 7) is 3.97. The van der Waals surface area contributed by atoms with E-state index >= 15 is 0 Å². The molecule has 25 heavy (non-hydrogen) atoms. The summed E-state index contributed by atoms with van der Waals surface area (Å²) in [6.07, 6.45) is 0. The fourth-order valence-electron chi connectivity index (χ4n) is 3.43.